The Morgan fingerprint density at radius 3 is 2.36 bits per heavy atom. The SMILES string of the molecule is O=S(=O)(Cl)c1ccc2cccccc1-2. The molecule has 0 amide bonds. The third-order valence-electron chi connectivity index (χ3n) is 2.01. The summed E-state index contributed by atoms with van der Waals surface area (Å²) in [6, 6.07) is 12.3. The highest BCUT2D eigenvalue weighted by atomic mass is 35.7. The zero-order chi connectivity index (χ0) is 10.2. The average molecular weight is 227 g/mol. The van der Waals surface area contributed by atoms with E-state index < -0.39 is 9.05 Å². The molecule has 0 aromatic heterocycles. The largest absolute Gasteiger partial charge is 0.261 e. The van der Waals surface area contributed by atoms with Crippen molar-refractivity contribution in [3.63, 3.8) is 0 Å². The van der Waals surface area contributed by atoms with Gasteiger partial charge in [0.1, 0.15) is 0 Å². The molecule has 2 nitrogen and oxygen atoms in total. The number of hydrogen-bond acceptors (Lipinski definition) is 2. The molecule has 72 valence electrons. The maximum atomic E-state index is 11.2. The summed E-state index contributed by atoms with van der Waals surface area (Å²) in [6.45, 7) is 0. The molecule has 14 heavy (non-hydrogen) atoms. The van der Waals surface area contributed by atoms with Crippen molar-refractivity contribution in [2.75, 3.05) is 0 Å². The molecule has 0 saturated carbocycles. The summed E-state index contributed by atoms with van der Waals surface area (Å²) in [7, 11) is 1.65. The fraction of sp³-hybridized carbons (Fsp3) is 0. The quantitative estimate of drug-likeness (QED) is 0.701. The van der Waals surface area contributed by atoms with Crippen LogP contribution in [0.2, 0.25) is 0 Å². The second kappa shape index (κ2) is 3.26. The van der Waals surface area contributed by atoms with Gasteiger partial charge in [-0.1, -0.05) is 36.4 Å². The van der Waals surface area contributed by atoms with Crippen LogP contribution in [0.4, 0.5) is 0 Å². The molecule has 0 atom stereocenters. The number of halogens is 1. The van der Waals surface area contributed by atoms with Crippen molar-refractivity contribution in [3.05, 3.63) is 42.5 Å². The van der Waals surface area contributed by atoms with Crippen LogP contribution in [-0.4, -0.2) is 8.42 Å². The standard InChI is InChI=1S/C10H7ClO2S/c11-14(12,13)10-7-6-8-4-2-1-3-5-9(8)10/h1-7H. The minimum absolute atomic E-state index is 0.172. The van der Waals surface area contributed by atoms with E-state index in [1.807, 2.05) is 18.2 Å². The molecular weight excluding hydrogens is 220 g/mol. The second-order valence-electron chi connectivity index (χ2n) is 2.92. The number of rotatable bonds is 1. The molecule has 0 heterocycles. The van der Waals surface area contributed by atoms with Crippen LogP contribution in [0.5, 0.6) is 0 Å². The Labute approximate surface area is 86.9 Å². The summed E-state index contributed by atoms with van der Waals surface area (Å²) >= 11 is 0. The smallest absolute Gasteiger partial charge is 0.207 e. The van der Waals surface area contributed by atoms with Gasteiger partial charge in [-0.15, -0.1) is 0 Å². The van der Waals surface area contributed by atoms with Crippen LogP contribution >= 0.6 is 10.7 Å². The molecule has 0 saturated heterocycles. The normalized spacial score (nSPS) is 11.8. The van der Waals surface area contributed by atoms with E-state index in [1.165, 1.54) is 6.07 Å². The fourth-order valence-corrected chi connectivity index (χ4v) is 2.48. The van der Waals surface area contributed by atoms with E-state index in [4.69, 9.17) is 10.7 Å². The predicted molar refractivity (Wildman–Crippen MR) is 56.1 cm³/mol. The second-order valence-corrected chi connectivity index (χ2v) is 5.45. The molecule has 0 aromatic carbocycles. The van der Waals surface area contributed by atoms with Gasteiger partial charge < -0.3 is 0 Å². The molecule has 0 aromatic rings. The molecule has 2 aliphatic rings. The lowest BCUT2D eigenvalue weighted by atomic mass is 10.2. The molecule has 0 N–H and O–H groups in total. The Bertz CT molecular complexity index is 534. The van der Waals surface area contributed by atoms with Gasteiger partial charge >= 0.3 is 0 Å². The van der Waals surface area contributed by atoms with Gasteiger partial charge in [-0.05, 0) is 11.6 Å². The number of fused-ring (bicyclic) bond motifs is 1. The summed E-state index contributed by atoms with van der Waals surface area (Å²) in [5.74, 6) is 0. The van der Waals surface area contributed by atoms with Crippen LogP contribution in [0.3, 0.4) is 0 Å². The Morgan fingerprint density at radius 1 is 0.929 bits per heavy atom. The van der Waals surface area contributed by atoms with Gasteiger partial charge in [-0.3, -0.25) is 0 Å². The van der Waals surface area contributed by atoms with Gasteiger partial charge in [0.25, 0.3) is 9.05 Å². The zero-order valence-electron chi connectivity index (χ0n) is 7.14. The van der Waals surface area contributed by atoms with E-state index >= 15 is 0 Å². The molecule has 2 aliphatic carbocycles. The average Bonchev–Trinajstić information content (AvgIpc) is 2.36. The highest BCUT2D eigenvalue weighted by Gasteiger charge is 2.17. The highest BCUT2D eigenvalue weighted by Crippen LogP contribution is 2.32. The van der Waals surface area contributed by atoms with E-state index in [1.54, 1.807) is 18.2 Å². The van der Waals surface area contributed by atoms with Gasteiger partial charge in [-0.25, -0.2) is 8.42 Å². The van der Waals surface area contributed by atoms with E-state index in [0.29, 0.717) is 5.56 Å². The summed E-state index contributed by atoms with van der Waals surface area (Å²) in [4.78, 5) is 0.172. The van der Waals surface area contributed by atoms with E-state index in [2.05, 4.69) is 0 Å². The van der Waals surface area contributed by atoms with E-state index in [0.717, 1.165) is 5.56 Å². The molecular formula is C10H7ClO2S. The monoisotopic (exact) mass is 226 g/mol. The lowest BCUT2D eigenvalue weighted by Crippen LogP contribution is -1.88. The Kier molecular flexibility index (Phi) is 2.21. The van der Waals surface area contributed by atoms with Crippen molar-refractivity contribution in [1.82, 2.24) is 0 Å². The van der Waals surface area contributed by atoms with Gasteiger partial charge in [0, 0.05) is 16.2 Å². The lowest BCUT2D eigenvalue weighted by molar-refractivity contribution is 0.610. The summed E-state index contributed by atoms with van der Waals surface area (Å²) < 4.78 is 22.4. The maximum absolute atomic E-state index is 11.2. The zero-order valence-corrected chi connectivity index (χ0v) is 8.72. The van der Waals surface area contributed by atoms with Crippen molar-refractivity contribution < 1.29 is 8.42 Å². The van der Waals surface area contributed by atoms with E-state index in [9.17, 15) is 8.42 Å². The third kappa shape index (κ3) is 1.61. The Balaban J connectivity index is 2.77. The highest BCUT2D eigenvalue weighted by molar-refractivity contribution is 8.13. The first kappa shape index (κ1) is 9.49. The van der Waals surface area contributed by atoms with E-state index in [-0.39, 0.29) is 4.90 Å². The maximum Gasteiger partial charge on any atom is 0.261 e. The van der Waals surface area contributed by atoms with Crippen molar-refractivity contribution >= 4 is 19.7 Å². The van der Waals surface area contributed by atoms with Crippen LogP contribution in [-0.2, 0) is 9.05 Å². The molecule has 0 aliphatic heterocycles. The van der Waals surface area contributed by atoms with Crippen molar-refractivity contribution in [2.45, 2.75) is 4.90 Å². The minimum atomic E-state index is -3.64. The molecule has 2 rings (SSSR count). The van der Waals surface area contributed by atoms with Crippen LogP contribution in [0, 0.1) is 0 Å². The minimum Gasteiger partial charge on any atom is -0.207 e. The first-order chi connectivity index (χ1) is 6.59. The first-order valence-electron chi connectivity index (χ1n) is 4.01. The molecule has 0 unspecified atom stereocenters. The molecule has 0 spiro atoms. The summed E-state index contributed by atoms with van der Waals surface area (Å²) in [5.41, 5.74) is 1.53. The molecule has 4 heteroatoms. The van der Waals surface area contributed by atoms with Crippen LogP contribution in [0.1, 0.15) is 0 Å². The number of hydrogen-bond donors (Lipinski definition) is 0. The van der Waals surface area contributed by atoms with Gasteiger partial charge in [0.15, 0.2) is 0 Å². The third-order valence-corrected chi connectivity index (χ3v) is 3.39. The topological polar surface area (TPSA) is 34.1 Å². The lowest BCUT2D eigenvalue weighted by Gasteiger charge is -1.95. The van der Waals surface area contributed by atoms with Crippen LogP contribution in [0.15, 0.2) is 47.4 Å². The van der Waals surface area contributed by atoms with Crippen LogP contribution < -0.4 is 0 Å². The summed E-state index contributed by atoms with van der Waals surface area (Å²) in [6.07, 6.45) is 0. The van der Waals surface area contributed by atoms with Gasteiger partial charge in [0.05, 0.1) is 4.90 Å². The van der Waals surface area contributed by atoms with Crippen molar-refractivity contribution in [2.24, 2.45) is 0 Å². The first-order valence-corrected chi connectivity index (χ1v) is 6.32. The van der Waals surface area contributed by atoms with Gasteiger partial charge in [-0.2, -0.15) is 0 Å². The fourth-order valence-electron chi connectivity index (χ4n) is 1.40. The predicted octanol–water partition coefficient (Wildman–Crippen LogP) is 2.72. The summed E-state index contributed by atoms with van der Waals surface area (Å²) in [5, 5.41) is 0. The molecule has 0 bridgehead atoms. The van der Waals surface area contributed by atoms with Crippen molar-refractivity contribution in [3.8, 4) is 11.1 Å². The van der Waals surface area contributed by atoms with Gasteiger partial charge in [0.2, 0.25) is 0 Å². The van der Waals surface area contributed by atoms with Crippen LogP contribution in [0.25, 0.3) is 11.1 Å². The molecule has 0 radical (unpaired) electrons. The Hall–Kier alpha value is -1.06. The van der Waals surface area contributed by atoms with Crippen molar-refractivity contribution in [1.29, 1.82) is 0 Å². The molecule has 0 fully saturated rings. The Morgan fingerprint density at radius 2 is 1.64 bits per heavy atom.